The van der Waals surface area contributed by atoms with Crippen LogP contribution in [-0.4, -0.2) is 6.04 Å². The molecule has 0 radical (unpaired) electrons. The van der Waals surface area contributed by atoms with Gasteiger partial charge in [0.25, 0.3) is 0 Å². The molecule has 1 nitrogen and oxygen atoms in total. The molecular formula is C26H31N. The fourth-order valence-electron chi connectivity index (χ4n) is 4.43. The van der Waals surface area contributed by atoms with Gasteiger partial charge in [-0.1, -0.05) is 67.2 Å². The van der Waals surface area contributed by atoms with E-state index in [1.165, 1.54) is 41.8 Å². The molecule has 4 rings (SSSR count). The van der Waals surface area contributed by atoms with Gasteiger partial charge in [0.1, 0.15) is 0 Å². The van der Waals surface area contributed by atoms with Crippen LogP contribution < -0.4 is 4.90 Å². The van der Waals surface area contributed by atoms with Crippen molar-refractivity contribution < 1.29 is 0 Å². The average molecular weight is 358 g/mol. The van der Waals surface area contributed by atoms with Crippen molar-refractivity contribution in [2.24, 2.45) is 0 Å². The lowest BCUT2D eigenvalue weighted by Gasteiger charge is -2.36. The lowest BCUT2D eigenvalue weighted by molar-refractivity contribution is 0.607. The summed E-state index contributed by atoms with van der Waals surface area (Å²) in [6.07, 6.45) is 27.0. The van der Waals surface area contributed by atoms with Crippen molar-refractivity contribution >= 4 is 5.69 Å². The Morgan fingerprint density at radius 3 is 2.56 bits per heavy atom. The lowest BCUT2D eigenvalue weighted by Crippen LogP contribution is -2.34. The van der Waals surface area contributed by atoms with Gasteiger partial charge in [-0.05, 0) is 68.7 Å². The van der Waals surface area contributed by atoms with Crippen LogP contribution in [-0.2, 0) is 0 Å². The number of hydrogen-bond acceptors (Lipinski definition) is 1. The highest BCUT2D eigenvalue weighted by Gasteiger charge is 2.22. The zero-order valence-electron chi connectivity index (χ0n) is 16.5. The van der Waals surface area contributed by atoms with Crippen LogP contribution in [0.4, 0.5) is 5.69 Å². The Morgan fingerprint density at radius 2 is 1.93 bits per heavy atom. The minimum absolute atomic E-state index is 0.493. The summed E-state index contributed by atoms with van der Waals surface area (Å²) in [7, 11) is 0. The summed E-state index contributed by atoms with van der Waals surface area (Å²) >= 11 is 0. The number of rotatable bonds is 5. The molecule has 1 aromatic carbocycles. The fraction of sp³-hybridized carbons (Fsp3) is 0.385. The highest BCUT2D eigenvalue weighted by molar-refractivity contribution is 5.57. The number of allylic oxidation sites excluding steroid dienone is 9. The predicted octanol–water partition coefficient (Wildman–Crippen LogP) is 7.22. The quantitative estimate of drug-likeness (QED) is 0.503. The molecule has 0 N–H and O–H groups in total. The minimum atomic E-state index is 0.493. The molecular weight excluding hydrogens is 326 g/mol. The zero-order valence-corrected chi connectivity index (χ0v) is 16.5. The summed E-state index contributed by atoms with van der Waals surface area (Å²) in [5.41, 5.74) is 5.68. The van der Waals surface area contributed by atoms with Crippen LogP contribution in [0.3, 0.4) is 0 Å². The first kappa shape index (κ1) is 18.1. The van der Waals surface area contributed by atoms with Gasteiger partial charge in [-0.25, -0.2) is 0 Å². The van der Waals surface area contributed by atoms with E-state index < -0.39 is 0 Å². The molecule has 0 aromatic heterocycles. The molecule has 27 heavy (non-hydrogen) atoms. The second-order valence-electron chi connectivity index (χ2n) is 7.85. The molecule has 3 aliphatic rings. The van der Waals surface area contributed by atoms with Gasteiger partial charge in [-0.15, -0.1) is 0 Å². The molecule has 2 atom stereocenters. The number of benzene rings is 1. The Labute approximate surface area is 164 Å². The summed E-state index contributed by atoms with van der Waals surface area (Å²) in [4.78, 5) is 2.58. The third-order valence-electron chi connectivity index (χ3n) is 6.05. The Balaban J connectivity index is 1.57. The second-order valence-corrected chi connectivity index (χ2v) is 7.85. The first-order valence-electron chi connectivity index (χ1n) is 10.6. The van der Waals surface area contributed by atoms with Gasteiger partial charge >= 0.3 is 0 Å². The molecule has 140 valence electrons. The molecule has 3 aliphatic carbocycles. The minimum Gasteiger partial charge on any atom is -0.338 e. The maximum Gasteiger partial charge on any atom is 0.0519 e. The molecule has 0 bridgehead atoms. The van der Waals surface area contributed by atoms with E-state index in [0.717, 1.165) is 25.7 Å². The molecule has 0 spiro atoms. The Morgan fingerprint density at radius 1 is 1.04 bits per heavy atom. The van der Waals surface area contributed by atoms with E-state index in [1.54, 1.807) is 0 Å². The third kappa shape index (κ3) is 4.18. The zero-order chi connectivity index (χ0) is 18.5. The lowest BCUT2D eigenvalue weighted by atomic mass is 9.89. The highest BCUT2D eigenvalue weighted by atomic mass is 15.2. The van der Waals surface area contributed by atoms with Crippen LogP contribution in [0.15, 0.2) is 84.1 Å². The van der Waals surface area contributed by atoms with E-state index in [9.17, 15) is 0 Å². The molecule has 1 heteroatoms. The van der Waals surface area contributed by atoms with Crippen LogP contribution in [0.1, 0.15) is 63.4 Å². The molecule has 0 heterocycles. The maximum atomic E-state index is 2.58. The van der Waals surface area contributed by atoms with Crippen LogP contribution in [0.25, 0.3) is 0 Å². The smallest absolute Gasteiger partial charge is 0.0519 e. The molecule has 0 saturated heterocycles. The summed E-state index contributed by atoms with van der Waals surface area (Å²) in [6.45, 7) is 2.23. The summed E-state index contributed by atoms with van der Waals surface area (Å²) in [5, 5.41) is 0. The average Bonchev–Trinajstić information content (AvgIpc) is 2.76. The van der Waals surface area contributed by atoms with Gasteiger partial charge < -0.3 is 4.90 Å². The van der Waals surface area contributed by atoms with Crippen LogP contribution >= 0.6 is 0 Å². The fourth-order valence-corrected chi connectivity index (χ4v) is 4.43. The van der Waals surface area contributed by atoms with Crippen molar-refractivity contribution in [3.05, 3.63) is 89.7 Å². The van der Waals surface area contributed by atoms with Crippen LogP contribution in [0.5, 0.6) is 0 Å². The number of anilines is 1. The molecule has 0 amide bonds. The van der Waals surface area contributed by atoms with Gasteiger partial charge in [0, 0.05) is 17.3 Å². The van der Waals surface area contributed by atoms with Gasteiger partial charge in [-0.2, -0.15) is 0 Å². The number of hydrogen-bond donors (Lipinski definition) is 0. The van der Waals surface area contributed by atoms with E-state index in [0.29, 0.717) is 12.0 Å². The van der Waals surface area contributed by atoms with Crippen molar-refractivity contribution in [1.82, 2.24) is 0 Å². The molecule has 2 unspecified atom stereocenters. The normalized spacial score (nSPS) is 24.5. The molecule has 0 aliphatic heterocycles. The van der Waals surface area contributed by atoms with Crippen molar-refractivity contribution in [2.75, 3.05) is 4.90 Å². The molecule has 0 saturated carbocycles. The SMILES string of the molecule is CCC1=CCC(c2ccc(N(C3=CC=CCC3)C3C=CCCC3)cc2)C=C1. The second kappa shape index (κ2) is 8.61. The molecule has 1 aromatic rings. The van der Waals surface area contributed by atoms with Gasteiger partial charge in [0.15, 0.2) is 0 Å². The summed E-state index contributed by atoms with van der Waals surface area (Å²) in [6, 6.07) is 9.85. The van der Waals surface area contributed by atoms with E-state index in [-0.39, 0.29) is 0 Å². The van der Waals surface area contributed by atoms with Crippen molar-refractivity contribution in [3.63, 3.8) is 0 Å². The standard InChI is InChI=1S/C26H31N/c1-2-21-13-15-22(16-14-21)23-17-19-26(20-18-23)27(24-9-5-3-6-10-24)25-11-7-4-8-12-25/h3,5,7,9,11,13-15,17-20,22,25H,2,4,6,8,10,12,16H2,1H3. The Kier molecular flexibility index (Phi) is 5.77. The van der Waals surface area contributed by atoms with E-state index in [2.05, 4.69) is 84.7 Å². The van der Waals surface area contributed by atoms with Crippen molar-refractivity contribution in [1.29, 1.82) is 0 Å². The molecule has 0 fully saturated rings. The van der Waals surface area contributed by atoms with E-state index >= 15 is 0 Å². The van der Waals surface area contributed by atoms with Gasteiger partial charge in [-0.3, -0.25) is 0 Å². The van der Waals surface area contributed by atoms with Crippen LogP contribution in [0.2, 0.25) is 0 Å². The predicted molar refractivity (Wildman–Crippen MR) is 117 cm³/mol. The Bertz CT molecular complexity index is 788. The van der Waals surface area contributed by atoms with Gasteiger partial charge in [0.2, 0.25) is 0 Å². The van der Waals surface area contributed by atoms with Gasteiger partial charge in [0.05, 0.1) is 6.04 Å². The topological polar surface area (TPSA) is 3.24 Å². The van der Waals surface area contributed by atoms with Crippen molar-refractivity contribution in [2.45, 2.75) is 63.8 Å². The largest absolute Gasteiger partial charge is 0.338 e. The Hall–Kier alpha value is -2.28. The highest BCUT2D eigenvalue weighted by Crippen LogP contribution is 2.33. The monoisotopic (exact) mass is 357 g/mol. The van der Waals surface area contributed by atoms with E-state index in [4.69, 9.17) is 0 Å². The van der Waals surface area contributed by atoms with Crippen LogP contribution in [0, 0.1) is 0 Å². The first-order chi connectivity index (χ1) is 13.3. The van der Waals surface area contributed by atoms with E-state index in [1.807, 2.05) is 0 Å². The van der Waals surface area contributed by atoms with Crippen molar-refractivity contribution in [3.8, 4) is 0 Å². The maximum absolute atomic E-state index is 2.58. The first-order valence-corrected chi connectivity index (χ1v) is 10.6. The summed E-state index contributed by atoms with van der Waals surface area (Å²) in [5.74, 6) is 0.522. The summed E-state index contributed by atoms with van der Waals surface area (Å²) < 4.78 is 0. The number of nitrogens with zero attached hydrogens (tertiary/aromatic N) is 1. The third-order valence-corrected chi connectivity index (χ3v) is 6.05.